The molecular formula is C20H32O3. The highest BCUT2D eigenvalue weighted by Gasteiger charge is 2.62. The Labute approximate surface area is 140 Å². The number of ether oxygens (including phenoxy) is 1. The Morgan fingerprint density at radius 1 is 1.35 bits per heavy atom. The van der Waals surface area contributed by atoms with Crippen molar-refractivity contribution in [2.24, 2.45) is 22.7 Å². The summed E-state index contributed by atoms with van der Waals surface area (Å²) in [5.74, 6) is 0.931. The number of carbonyl (C=O) groups excluding carboxylic acids is 2. The number of aldehydes is 1. The summed E-state index contributed by atoms with van der Waals surface area (Å²) >= 11 is 0. The van der Waals surface area contributed by atoms with Crippen LogP contribution in [0.3, 0.4) is 0 Å². The van der Waals surface area contributed by atoms with Gasteiger partial charge in [0.05, 0.1) is 0 Å². The molecule has 2 saturated carbocycles. The molecule has 3 heteroatoms. The first kappa shape index (κ1) is 18.2. The standard InChI is InChI=1S/C20H32O3/c1-14(7-6-8-15(2)13-21)11-18(22)23-17-12-16-9-10-20(17,5)19(16,3)4/h8,13-14,16-17H,6-7,9-12H2,1-5H3/b15-8+/t14-,16+,17-,20-/m0/s1. The number of rotatable bonds is 7. The molecule has 130 valence electrons. The second kappa shape index (κ2) is 6.78. The second-order valence-electron chi connectivity index (χ2n) is 8.54. The lowest BCUT2D eigenvalue weighted by Crippen LogP contribution is -2.38. The van der Waals surface area contributed by atoms with Crippen molar-refractivity contribution in [2.75, 3.05) is 0 Å². The van der Waals surface area contributed by atoms with Gasteiger partial charge in [0.25, 0.3) is 0 Å². The van der Waals surface area contributed by atoms with E-state index in [4.69, 9.17) is 4.74 Å². The average Bonchev–Trinajstić information content (AvgIpc) is 2.80. The molecular weight excluding hydrogens is 288 g/mol. The van der Waals surface area contributed by atoms with Crippen LogP contribution in [0.25, 0.3) is 0 Å². The van der Waals surface area contributed by atoms with Gasteiger partial charge in [0.2, 0.25) is 0 Å². The largest absolute Gasteiger partial charge is 0.462 e. The SMILES string of the molecule is C/C(C=O)=C\CC[C@H](C)CC(=O)O[C@H]1C[C@H]2CC[C@]1(C)C2(C)C. The van der Waals surface area contributed by atoms with Gasteiger partial charge in [-0.05, 0) is 61.9 Å². The third kappa shape index (κ3) is 3.54. The number of carbonyl (C=O) groups is 2. The van der Waals surface area contributed by atoms with Crippen LogP contribution in [0.2, 0.25) is 0 Å². The van der Waals surface area contributed by atoms with Gasteiger partial charge in [-0.2, -0.15) is 0 Å². The summed E-state index contributed by atoms with van der Waals surface area (Å²) in [7, 11) is 0. The molecule has 3 nitrogen and oxygen atoms in total. The molecule has 0 radical (unpaired) electrons. The van der Waals surface area contributed by atoms with Crippen molar-refractivity contribution in [3.05, 3.63) is 11.6 Å². The highest BCUT2D eigenvalue weighted by Crippen LogP contribution is 2.66. The van der Waals surface area contributed by atoms with E-state index in [-0.39, 0.29) is 28.8 Å². The molecule has 2 bridgehead atoms. The van der Waals surface area contributed by atoms with Crippen LogP contribution < -0.4 is 0 Å². The zero-order valence-corrected chi connectivity index (χ0v) is 15.4. The monoisotopic (exact) mass is 320 g/mol. The fraction of sp³-hybridized carbons (Fsp3) is 0.800. The number of hydrogen-bond acceptors (Lipinski definition) is 3. The number of fused-ring (bicyclic) bond motifs is 2. The average molecular weight is 320 g/mol. The molecule has 2 rings (SSSR count). The number of allylic oxidation sites excluding steroid dienone is 2. The normalized spacial score (nSPS) is 33.5. The maximum Gasteiger partial charge on any atom is 0.306 e. The van der Waals surface area contributed by atoms with E-state index in [2.05, 4.69) is 27.7 Å². The summed E-state index contributed by atoms with van der Waals surface area (Å²) in [6.45, 7) is 10.9. The molecule has 23 heavy (non-hydrogen) atoms. The molecule has 2 fully saturated rings. The Hall–Kier alpha value is -1.12. The third-order valence-corrected chi connectivity index (χ3v) is 6.81. The van der Waals surface area contributed by atoms with Crippen molar-refractivity contribution in [1.29, 1.82) is 0 Å². The molecule has 0 aromatic heterocycles. The Morgan fingerprint density at radius 3 is 2.57 bits per heavy atom. The van der Waals surface area contributed by atoms with E-state index in [9.17, 15) is 9.59 Å². The first-order chi connectivity index (χ1) is 10.7. The lowest BCUT2D eigenvalue weighted by molar-refractivity contribution is -0.157. The van der Waals surface area contributed by atoms with Gasteiger partial charge in [-0.15, -0.1) is 0 Å². The fourth-order valence-corrected chi connectivity index (χ4v) is 4.55. The van der Waals surface area contributed by atoms with Crippen LogP contribution in [0.4, 0.5) is 0 Å². The smallest absolute Gasteiger partial charge is 0.306 e. The van der Waals surface area contributed by atoms with Gasteiger partial charge in [0, 0.05) is 11.8 Å². The minimum atomic E-state index is -0.0526. The third-order valence-electron chi connectivity index (χ3n) is 6.81. The molecule has 0 aromatic rings. The molecule has 0 heterocycles. The Bertz CT molecular complexity index is 491. The zero-order valence-electron chi connectivity index (χ0n) is 15.4. The van der Waals surface area contributed by atoms with Gasteiger partial charge < -0.3 is 4.74 Å². The van der Waals surface area contributed by atoms with E-state index in [1.54, 1.807) is 0 Å². The fourth-order valence-electron chi connectivity index (χ4n) is 4.55. The van der Waals surface area contributed by atoms with Crippen LogP contribution in [0.1, 0.15) is 73.1 Å². The van der Waals surface area contributed by atoms with E-state index < -0.39 is 0 Å². The highest BCUT2D eigenvalue weighted by molar-refractivity contribution is 5.72. The maximum absolute atomic E-state index is 12.3. The lowest BCUT2D eigenvalue weighted by Gasteiger charge is -2.38. The molecule has 2 aliphatic carbocycles. The molecule has 0 saturated heterocycles. The van der Waals surface area contributed by atoms with Gasteiger partial charge in [-0.1, -0.05) is 33.8 Å². The van der Waals surface area contributed by atoms with Gasteiger partial charge in [-0.3, -0.25) is 9.59 Å². The minimum absolute atomic E-state index is 0.0526. The van der Waals surface area contributed by atoms with Crippen molar-refractivity contribution < 1.29 is 14.3 Å². The quantitative estimate of drug-likeness (QED) is 0.388. The van der Waals surface area contributed by atoms with Crippen molar-refractivity contribution in [2.45, 2.75) is 79.2 Å². The summed E-state index contributed by atoms with van der Waals surface area (Å²) in [4.78, 5) is 22.9. The summed E-state index contributed by atoms with van der Waals surface area (Å²) < 4.78 is 5.89. The van der Waals surface area contributed by atoms with Gasteiger partial charge in [-0.25, -0.2) is 0 Å². The zero-order chi connectivity index (χ0) is 17.3. The van der Waals surface area contributed by atoms with Gasteiger partial charge >= 0.3 is 5.97 Å². The molecule has 2 aliphatic rings. The van der Waals surface area contributed by atoms with Crippen molar-refractivity contribution in [1.82, 2.24) is 0 Å². The predicted molar refractivity (Wildman–Crippen MR) is 91.9 cm³/mol. The van der Waals surface area contributed by atoms with Crippen LogP contribution in [-0.4, -0.2) is 18.4 Å². The topological polar surface area (TPSA) is 43.4 Å². The first-order valence-electron chi connectivity index (χ1n) is 9.02. The summed E-state index contributed by atoms with van der Waals surface area (Å²) in [5, 5.41) is 0. The van der Waals surface area contributed by atoms with Crippen molar-refractivity contribution in [3.63, 3.8) is 0 Å². The summed E-state index contributed by atoms with van der Waals surface area (Å²) in [6.07, 6.45) is 8.62. The van der Waals surface area contributed by atoms with Gasteiger partial charge in [0.15, 0.2) is 0 Å². The van der Waals surface area contributed by atoms with Gasteiger partial charge in [0.1, 0.15) is 12.4 Å². The molecule has 0 spiro atoms. The lowest BCUT2D eigenvalue weighted by atomic mass is 9.70. The van der Waals surface area contributed by atoms with E-state index in [1.807, 2.05) is 13.0 Å². The maximum atomic E-state index is 12.3. The molecule has 0 aliphatic heterocycles. The molecule has 0 amide bonds. The Kier molecular flexibility index (Phi) is 5.37. The Morgan fingerprint density at radius 2 is 2.04 bits per heavy atom. The van der Waals surface area contributed by atoms with Crippen LogP contribution in [0.15, 0.2) is 11.6 Å². The van der Waals surface area contributed by atoms with E-state index >= 15 is 0 Å². The predicted octanol–water partition coefficient (Wildman–Crippen LogP) is 4.70. The van der Waals surface area contributed by atoms with Crippen LogP contribution in [0.5, 0.6) is 0 Å². The minimum Gasteiger partial charge on any atom is -0.462 e. The first-order valence-corrected chi connectivity index (χ1v) is 9.02. The second-order valence-corrected chi connectivity index (χ2v) is 8.54. The molecule has 0 unspecified atom stereocenters. The Balaban J connectivity index is 1.81. The van der Waals surface area contributed by atoms with Crippen LogP contribution in [-0.2, 0) is 14.3 Å². The van der Waals surface area contributed by atoms with Crippen LogP contribution >= 0.6 is 0 Å². The van der Waals surface area contributed by atoms with Crippen molar-refractivity contribution >= 4 is 12.3 Å². The molecule has 0 N–H and O–H groups in total. The summed E-state index contributed by atoms with van der Waals surface area (Å²) in [6, 6.07) is 0. The molecule has 0 aromatic carbocycles. The number of esters is 1. The number of hydrogen-bond donors (Lipinski definition) is 0. The van der Waals surface area contributed by atoms with E-state index in [1.165, 1.54) is 12.8 Å². The van der Waals surface area contributed by atoms with Crippen molar-refractivity contribution in [3.8, 4) is 0 Å². The van der Waals surface area contributed by atoms with Crippen LogP contribution in [0, 0.1) is 22.7 Å². The van der Waals surface area contributed by atoms with E-state index in [0.29, 0.717) is 12.3 Å². The summed E-state index contributed by atoms with van der Waals surface area (Å²) in [5.41, 5.74) is 1.18. The highest BCUT2D eigenvalue weighted by atomic mass is 16.5. The van der Waals surface area contributed by atoms with E-state index in [0.717, 1.165) is 31.1 Å². The molecule has 4 atom stereocenters.